The maximum atomic E-state index is 6.11. The third kappa shape index (κ3) is 2.41. The van der Waals surface area contributed by atoms with E-state index in [-0.39, 0.29) is 18.4 Å². The molecule has 0 aromatic heterocycles. The summed E-state index contributed by atoms with van der Waals surface area (Å²) in [6.45, 7) is 0. The predicted molar refractivity (Wildman–Crippen MR) is 63.0 cm³/mol. The van der Waals surface area contributed by atoms with Gasteiger partial charge in [-0.25, -0.2) is 0 Å². The molecule has 2 N–H and O–H groups in total. The van der Waals surface area contributed by atoms with Crippen LogP contribution in [0.5, 0.6) is 0 Å². The molecule has 1 aliphatic carbocycles. The quantitative estimate of drug-likeness (QED) is 0.828. The summed E-state index contributed by atoms with van der Waals surface area (Å²) in [7, 11) is 0. The first-order valence-corrected chi connectivity index (χ1v) is 5.16. The molecular weight excluding hydrogens is 217 g/mol. The summed E-state index contributed by atoms with van der Waals surface area (Å²) in [4.78, 5) is 0. The third-order valence-electron chi connectivity index (χ3n) is 2.89. The molecule has 1 nitrogen and oxygen atoms in total. The SMILES string of the molecule is Cl.N[C@H](c1cccc(Cl)c1)C1CCC1. The average molecular weight is 232 g/mol. The molecule has 1 fully saturated rings. The molecule has 3 heteroatoms. The molecule has 2 rings (SSSR count). The molecular formula is C11H15Cl2N. The normalized spacial score (nSPS) is 18.1. The van der Waals surface area contributed by atoms with Gasteiger partial charge in [0.05, 0.1) is 0 Å². The second kappa shape index (κ2) is 5.01. The van der Waals surface area contributed by atoms with Crippen LogP contribution in [0.15, 0.2) is 24.3 Å². The molecule has 0 aliphatic heterocycles. The van der Waals surface area contributed by atoms with E-state index in [0.717, 1.165) is 5.02 Å². The lowest BCUT2D eigenvalue weighted by molar-refractivity contribution is 0.264. The monoisotopic (exact) mass is 231 g/mol. The van der Waals surface area contributed by atoms with Crippen LogP contribution in [0.3, 0.4) is 0 Å². The summed E-state index contributed by atoms with van der Waals surface area (Å²) in [6, 6.07) is 8.08. The summed E-state index contributed by atoms with van der Waals surface area (Å²) < 4.78 is 0. The highest BCUT2D eigenvalue weighted by molar-refractivity contribution is 6.30. The van der Waals surface area contributed by atoms with Gasteiger partial charge in [-0.1, -0.05) is 30.2 Å². The van der Waals surface area contributed by atoms with Gasteiger partial charge < -0.3 is 5.73 Å². The molecule has 78 valence electrons. The van der Waals surface area contributed by atoms with Gasteiger partial charge in [-0.05, 0) is 36.5 Å². The van der Waals surface area contributed by atoms with Gasteiger partial charge in [-0.2, -0.15) is 0 Å². The van der Waals surface area contributed by atoms with Crippen molar-refractivity contribution in [3.63, 3.8) is 0 Å². The summed E-state index contributed by atoms with van der Waals surface area (Å²) in [5.74, 6) is 0.679. The van der Waals surface area contributed by atoms with Crippen LogP contribution in [-0.4, -0.2) is 0 Å². The Morgan fingerprint density at radius 3 is 2.57 bits per heavy atom. The van der Waals surface area contributed by atoms with Gasteiger partial charge in [0.25, 0.3) is 0 Å². The van der Waals surface area contributed by atoms with Crippen molar-refractivity contribution in [2.24, 2.45) is 11.7 Å². The van der Waals surface area contributed by atoms with Crippen LogP contribution >= 0.6 is 24.0 Å². The van der Waals surface area contributed by atoms with Crippen LogP contribution in [-0.2, 0) is 0 Å². The predicted octanol–water partition coefficient (Wildman–Crippen LogP) is 3.56. The Balaban J connectivity index is 0.000000980. The van der Waals surface area contributed by atoms with Gasteiger partial charge in [0, 0.05) is 11.1 Å². The zero-order valence-electron chi connectivity index (χ0n) is 7.95. The zero-order valence-corrected chi connectivity index (χ0v) is 9.52. The minimum absolute atomic E-state index is 0. The highest BCUT2D eigenvalue weighted by Gasteiger charge is 2.25. The molecule has 1 saturated carbocycles. The molecule has 1 aromatic rings. The van der Waals surface area contributed by atoms with Crippen molar-refractivity contribution in [1.29, 1.82) is 0 Å². The zero-order chi connectivity index (χ0) is 9.26. The first kappa shape index (κ1) is 11.8. The molecule has 0 radical (unpaired) electrons. The van der Waals surface area contributed by atoms with Gasteiger partial charge in [-0.3, -0.25) is 0 Å². The fraction of sp³-hybridized carbons (Fsp3) is 0.455. The van der Waals surface area contributed by atoms with Gasteiger partial charge in [0.15, 0.2) is 0 Å². The van der Waals surface area contributed by atoms with E-state index in [1.54, 1.807) is 0 Å². The number of benzene rings is 1. The maximum Gasteiger partial charge on any atom is 0.0409 e. The summed E-state index contributed by atoms with van der Waals surface area (Å²) in [5, 5.41) is 0.785. The summed E-state index contributed by atoms with van der Waals surface area (Å²) in [5.41, 5.74) is 7.29. The molecule has 0 amide bonds. The lowest BCUT2D eigenvalue weighted by Gasteiger charge is -2.31. The highest BCUT2D eigenvalue weighted by Crippen LogP contribution is 2.36. The highest BCUT2D eigenvalue weighted by atomic mass is 35.5. The Morgan fingerprint density at radius 2 is 2.07 bits per heavy atom. The summed E-state index contributed by atoms with van der Waals surface area (Å²) in [6.07, 6.45) is 3.88. The average Bonchev–Trinajstić information content (AvgIpc) is 2.01. The van der Waals surface area contributed by atoms with E-state index in [1.165, 1.54) is 24.8 Å². The Labute approximate surface area is 96.0 Å². The smallest absolute Gasteiger partial charge is 0.0409 e. The molecule has 0 saturated heterocycles. The Morgan fingerprint density at radius 1 is 1.36 bits per heavy atom. The van der Waals surface area contributed by atoms with Crippen molar-refractivity contribution in [2.75, 3.05) is 0 Å². The van der Waals surface area contributed by atoms with Crippen molar-refractivity contribution in [2.45, 2.75) is 25.3 Å². The van der Waals surface area contributed by atoms with E-state index < -0.39 is 0 Å². The first-order valence-electron chi connectivity index (χ1n) is 4.78. The van der Waals surface area contributed by atoms with E-state index in [0.29, 0.717) is 5.92 Å². The standard InChI is InChI=1S/C11H14ClN.ClH/c12-10-6-2-5-9(7-10)11(13)8-3-1-4-8;/h2,5-8,11H,1,3-4,13H2;1H/t11-;/m0./s1. The van der Waals surface area contributed by atoms with Crippen LogP contribution < -0.4 is 5.73 Å². The number of rotatable bonds is 2. The van der Waals surface area contributed by atoms with Crippen molar-refractivity contribution < 1.29 is 0 Å². The largest absolute Gasteiger partial charge is 0.324 e. The van der Waals surface area contributed by atoms with E-state index in [1.807, 2.05) is 18.2 Å². The topological polar surface area (TPSA) is 26.0 Å². The number of hydrogen-bond donors (Lipinski definition) is 1. The first-order chi connectivity index (χ1) is 6.27. The second-order valence-electron chi connectivity index (χ2n) is 3.77. The molecule has 1 atom stereocenters. The fourth-order valence-electron chi connectivity index (χ4n) is 1.79. The summed E-state index contributed by atoms with van der Waals surface area (Å²) >= 11 is 5.90. The van der Waals surface area contributed by atoms with Gasteiger partial charge in [0.2, 0.25) is 0 Å². The van der Waals surface area contributed by atoms with Crippen molar-refractivity contribution in [3.05, 3.63) is 34.9 Å². The molecule has 0 unspecified atom stereocenters. The van der Waals surface area contributed by atoms with E-state index in [4.69, 9.17) is 17.3 Å². The minimum Gasteiger partial charge on any atom is -0.324 e. The Hall–Kier alpha value is -0.240. The molecule has 0 spiro atoms. The van der Waals surface area contributed by atoms with E-state index >= 15 is 0 Å². The molecule has 0 bridgehead atoms. The molecule has 1 aromatic carbocycles. The van der Waals surface area contributed by atoms with Gasteiger partial charge >= 0.3 is 0 Å². The lowest BCUT2D eigenvalue weighted by atomic mass is 9.78. The Kier molecular flexibility index (Phi) is 4.24. The van der Waals surface area contributed by atoms with Gasteiger partial charge in [0.1, 0.15) is 0 Å². The van der Waals surface area contributed by atoms with Crippen LogP contribution in [0.4, 0.5) is 0 Å². The van der Waals surface area contributed by atoms with E-state index in [2.05, 4.69) is 6.07 Å². The number of nitrogens with two attached hydrogens (primary N) is 1. The van der Waals surface area contributed by atoms with Crippen molar-refractivity contribution in [3.8, 4) is 0 Å². The number of hydrogen-bond acceptors (Lipinski definition) is 1. The van der Waals surface area contributed by atoms with Crippen LogP contribution in [0.1, 0.15) is 30.9 Å². The molecule has 14 heavy (non-hydrogen) atoms. The number of halogens is 2. The third-order valence-corrected chi connectivity index (χ3v) is 3.13. The van der Waals surface area contributed by atoms with Crippen LogP contribution in [0, 0.1) is 5.92 Å². The fourth-order valence-corrected chi connectivity index (χ4v) is 1.98. The van der Waals surface area contributed by atoms with Crippen LogP contribution in [0.2, 0.25) is 5.02 Å². The van der Waals surface area contributed by atoms with Gasteiger partial charge in [-0.15, -0.1) is 12.4 Å². The van der Waals surface area contributed by atoms with E-state index in [9.17, 15) is 0 Å². The second-order valence-corrected chi connectivity index (χ2v) is 4.21. The lowest BCUT2D eigenvalue weighted by Crippen LogP contribution is -2.26. The van der Waals surface area contributed by atoms with Crippen LogP contribution in [0.25, 0.3) is 0 Å². The van der Waals surface area contributed by atoms with Crippen molar-refractivity contribution >= 4 is 24.0 Å². The molecule has 1 aliphatic rings. The maximum absolute atomic E-state index is 6.11. The molecule has 0 heterocycles. The Bertz CT molecular complexity index is 297. The van der Waals surface area contributed by atoms with Crippen molar-refractivity contribution in [1.82, 2.24) is 0 Å². The minimum atomic E-state index is 0.